The molecule has 2 heterocycles. The fourth-order valence-corrected chi connectivity index (χ4v) is 3.15. The highest BCUT2D eigenvalue weighted by atomic mass is 79.9. The Bertz CT molecular complexity index is 514. The van der Waals surface area contributed by atoms with Crippen molar-refractivity contribution < 1.29 is 4.79 Å². The third kappa shape index (κ3) is 5.78. The first-order chi connectivity index (χ1) is 10.0. The molecule has 1 fully saturated rings. The van der Waals surface area contributed by atoms with E-state index < -0.39 is 0 Å². The van der Waals surface area contributed by atoms with E-state index >= 15 is 0 Å². The Morgan fingerprint density at radius 2 is 2.17 bits per heavy atom. The Hall–Kier alpha value is -0.560. The van der Waals surface area contributed by atoms with Gasteiger partial charge in [-0.15, -0.1) is 24.8 Å². The fraction of sp³-hybridized carbons (Fsp3) is 0.600. The van der Waals surface area contributed by atoms with Gasteiger partial charge in [-0.2, -0.15) is 0 Å². The second kappa shape index (κ2) is 10.3. The van der Waals surface area contributed by atoms with E-state index in [9.17, 15) is 4.79 Å². The molecule has 0 aromatic carbocycles. The predicted molar refractivity (Wildman–Crippen MR) is 103 cm³/mol. The summed E-state index contributed by atoms with van der Waals surface area (Å²) in [4.78, 5) is 21.1. The van der Waals surface area contributed by atoms with E-state index in [4.69, 9.17) is 0 Å². The van der Waals surface area contributed by atoms with Crippen molar-refractivity contribution in [2.24, 2.45) is 5.92 Å². The van der Waals surface area contributed by atoms with Crippen LogP contribution in [0.4, 0.5) is 5.82 Å². The number of aromatic nitrogens is 1. The van der Waals surface area contributed by atoms with Crippen LogP contribution >= 0.6 is 40.7 Å². The molecule has 1 aromatic rings. The number of amides is 1. The number of carbonyl (C=O) groups is 1. The van der Waals surface area contributed by atoms with Gasteiger partial charge in [0.05, 0.1) is 5.56 Å². The van der Waals surface area contributed by atoms with Crippen LogP contribution in [0.15, 0.2) is 16.7 Å². The summed E-state index contributed by atoms with van der Waals surface area (Å²) < 4.78 is 0.834. The van der Waals surface area contributed by atoms with Gasteiger partial charge in [0.25, 0.3) is 5.91 Å². The van der Waals surface area contributed by atoms with Crippen LogP contribution in [0, 0.1) is 5.92 Å². The van der Waals surface area contributed by atoms with Gasteiger partial charge in [-0.3, -0.25) is 4.79 Å². The lowest BCUT2D eigenvalue weighted by atomic mass is 9.97. The van der Waals surface area contributed by atoms with Crippen molar-refractivity contribution >= 4 is 52.5 Å². The highest BCUT2D eigenvalue weighted by Crippen LogP contribution is 2.24. The molecule has 0 spiro atoms. The molecule has 1 aliphatic rings. The zero-order chi connectivity index (χ0) is 15.4. The summed E-state index contributed by atoms with van der Waals surface area (Å²) in [6, 6.07) is 1.87. The van der Waals surface area contributed by atoms with Gasteiger partial charge in [-0.05, 0) is 54.3 Å². The molecule has 0 saturated carbocycles. The Morgan fingerprint density at radius 3 is 2.78 bits per heavy atom. The second-order valence-corrected chi connectivity index (χ2v) is 6.65. The number of anilines is 1. The number of carbonyl (C=O) groups excluding carboxylic acids is 1. The first-order valence-electron chi connectivity index (χ1n) is 7.29. The van der Waals surface area contributed by atoms with Crippen molar-refractivity contribution in [2.75, 3.05) is 45.7 Å². The maximum Gasteiger partial charge on any atom is 0.257 e. The Morgan fingerprint density at radius 1 is 1.48 bits per heavy atom. The zero-order valence-corrected chi connectivity index (χ0v) is 16.9. The van der Waals surface area contributed by atoms with Crippen LogP contribution in [-0.2, 0) is 0 Å². The van der Waals surface area contributed by atoms with E-state index in [1.54, 1.807) is 6.20 Å². The molecule has 1 unspecified atom stereocenters. The van der Waals surface area contributed by atoms with Crippen LogP contribution in [0.1, 0.15) is 23.2 Å². The van der Waals surface area contributed by atoms with Gasteiger partial charge in [0.1, 0.15) is 5.82 Å². The monoisotopic (exact) mass is 426 g/mol. The number of halogens is 3. The summed E-state index contributed by atoms with van der Waals surface area (Å²) in [5.74, 6) is 1.34. The average molecular weight is 428 g/mol. The van der Waals surface area contributed by atoms with Crippen LogP contribution in [0.5, 0.6) is 0 Å². The Balaban J connectivity index is 0.00000242. The van der Waals surface area contributed by atoms with Gasteiger partial charge in [0, 0.05) is 37.9 Å². The number of pyridine rings is 1. The zero-order valence-electron chi connectivity index (χ0n) is 13.7. The molecular weight excluding hydrogens is 403 g/mol. The van der Waals surface area contributed by atoms with Crippen molar-refractivity contribution in [2.45, 2.75) is 12.8 Å². The summed E-state index contributed by atoms with van der Waals surface area (Å²) in [7, 11) is 5.78. The summed E-state index contributed by atoms with van der Waals surface area (Å²) in [6.45, 7) is 2.61. The van der Waals surface area contributed by atoms with E-state index in [-0.39, 0.29) is 30.7 Å². The fourth-order valence-electron chi connectivity index (χ4n) is 2.82. The van der Waals surface area contributed by atoms with Gasteiger partial charge in [-0.1, -0.05) is 0 Å². The molecule has 0 bridgehead atoms. The molecule has 5 nitrogen and oxygen atoms in total. The van der Waals surface area contributed by atoms with E-state index in [0.717, 1.165) is 36.3 Å². The molecular formula is C15H25BrCl2N4O. The lowest BCUT2D eigenvalue weighted by molar-refractivity contribution is 0.0674. The standard InChI is InChI=1S/C15H23BrN4O.2ClH/c1-17-8-11-5-4-6-20(10-11)15(21)13-7-12(16)9-18-14(13)19(2)3;;/h7,9,11,17H,4-6,8,10H2,1-3H3;2*1H. The summed E-state index contributed by atoms with van der Waals surface area (Å²) in [5.41, 5.74) is 0.666. The number of hydrogen-bond donors (Lipinski definition) is 1. The molecule has 0 radical (unpaired) electrons. The van der Waals surface area contributed by atoms with Crippen LogP contribution in [-0.4, -0.2) is 56.6 Å². The van der Waals surface area contributed by atoms with Gasteiger partial charge in [0.2, 0.25) is 0 Å². The molecule has 1 aliphatic heterocycles. The van der Waals surface area contributed by atoms with E-state index in [1.165, 1.54) is 6.42 Å². The number of piperidine rings is 1. The van der Waals surface area contributed by atoms with Gasteiger partial charge in [-0.25, -0.2) is 4.98 Å². The number of rotatable bonds is 4. The topological polar surface area (TPSA) is 48.5 Å². The van der Waals surface area contributed by atoms with Crippen LogP contribution < -0.4 is 10.2 Å². The molecule has 1 atom stereocenters. The minimum Gasteiger partial charge on any atom is -0.362 e. The van der Waals surface area contributed by atoms with Crippen LogP contribution in [0.3, 0.4) is 0 Å². The summed E-state index contributed by atoms with van der Waals surface area (Å²) >= 11 is 3.41. The highest BCUT2D eigenvalue weighted by Gasteiger charge is 2.26. The van der Waals surface area contributed by atoms with E-state index in [0.29, 0.717) is 11.5 Å². The minimum absolute atomic E-state index is 0. The molecule has 1 saturated heterocycles. The third-order valence-corrected chi connectivity index (χ3v) is 4.22. The van der Waals surface area contributed by atoms with E-state index in [2.05, 4.69) is 26.2 Å². The third-order valence-electron chi connectivity index (χ3n) is 3.79. The molecule has 2 rings (SSSR count). The van der Waals surface area contributed by atoms with E-state index in [1.807, 2.05) is 37.0 Å². The molecule has 0 aliphatic carbocycles. The molecule has 1 aromatic heterocycles. The van der Waals surface area contributed by atoms with Crippen molar-refractivity contribution in [3.63, 3.8) is 0 Å². The van der Waals surface area contributed by atoms with Crippen molar-refractivity contribution in [1.82, 2.24) is 15.2 Å². The number of nitrogens with zero attached hydrogens (tertiary/aromatic N) is 3. The van der Waals surface area contributed by atoms with Gasteiger partial charge >= 0.3 is 0 Å². The predicted octanol–water partition coefficient (Wildman–Crippen LogP) is 2.83. The molecule has 23 heavy (non-hydrogen) atoms. The molecule has 1 amide bonds. The Labute approximate surface area is 159 Å². The molecule has 1 N–H and O–H groups in total. The Kier molecular flexibility index (Phi) is 10.1. The smallest absolute Gasteiger partial charge is 0.257 e. The van der Waals surface area contributed by atoms with Crippen molar-refractivity contribution in [1.29, 1.82) is 0 Å². The maximum absolute atomic E-state index is 12.8. The van der Waals surface area contributed by atoms with Crippen molar-refractivity contribution in [3.05, 3.63) is 22.3 Å². The molecule has 132 valence electrons. The second-order valence-electron chi connectivity index (χ2n) is 5.74. The first-order valence-corrected chi connectivity index (χ1v) is 8.09. The minimum atomic E-state index is 0. The van der Waals surface area contributed by atoms with Crippen LogP contribution in [0.25, 0.3) is 0 Å². The lowest BCUT2D eigenvalue weighted by Crippen LogP contribution is -2.42. The summed E-state index contributed by atoms with van der Waals surface area (Å²) in [5, 5.41) is 3.21. The number of hydrogen-bond acceptors (Lipinski definition) is 4. The normalized spacial score (nSPS) is 17.0. The van der Waals surface area contributed by atoms with Crippen molar-refractivity contribution in [3.8, 4) is 0 Å². The number of nitrogens with one attached hydrogen (secondary N) is 1. The average Bonchev–Trinajstić information content (AvgIpc) is 2.46. The SMILES string of the molecule is CNCC1CCCN(C(=O)c2cc(Br)cnc2N(C)C)C1.Cl.Cl. The maximum atomic E-state index is 12.8. The van der Waals surface area contributed by atoms with Crippen LogP contribution in [0.2, 0.25) is 0 Å². The highest BCUT2D eigenvalue weighted by molar-refractivity contribution is 9.10. The summed E-state index contributed by atoms with van der Waals surface area (Å²) in [6.07, 6.45) is 3.98. The van der Waals surface area contributed by atoms with Gasteiger partial charge in [0.15, 0.2) is 0 Å². The largest absolute Gasteiger partial charge is 0.362 e. The first kappa shape index (κ1) is 22.4. The number of likely N-dealkylation sites (tertiary alicyclic amines) is 1. The van der Waals surface area contributed by atoms with Gasteiger partial charge < -0.3 is 15.1 Å². The quantitative estimate of drug-likeness (QED) is 0.802. The lowest BCUT2D eigenvalue weighted by Gasteiger charge is -2.33. The molecule has 8 heteroatoms.